The van der Waals surface area contributed by atoms with Crippen molar-refractivity contribution in [3.8, 4) is 0 Å². The minimum atomic E-state index is -0.523. The molecule has 0 heterocycles. The molecule has 4 nitrogen and oxygen atoms in total. The van der Waals surface area contributed by atoms with Crippen LogP contribution in [0.4, 0.5) is 0 Å². The fourth-order valence-electron chi connectivity index (χ4n) is 0.901. The van der Waals surface area contributed by atoms with Crippen LogP contribution in [-0.2, 0) is 9.53 Å². The number of hydrogen-bond acceptors (Lipinski definition) is 4. The van der Waals surface area contributed by atoms with Gasteiger partial charge in [-0.3, -0.25) is 5.41 Å². The third-order valence-electron chi connectivity index (χ3n) is 2.03. The molecule has 15 heavy (non-hydrogen) atoms. The fourth-order valence-corrected chi connectivity index (χ4v) is 0.901. The van der Waals surface area contributed by atoms with Crippen molar-refractivity contribution in [2.24, 2.45) is 0 Å². The van der Waals surface area contributed by atoms with Gasteiger partial charge in [0.05, 0.1) is 0 Å². The Bertz CT molecular complexity index is 241. The van der Waals surface area contributed by atoms with Crippen molar-refractivity contribution in [2.45, 2.75) is 45.8 Å². The summed E-state index contributed by atoms with van der Waals surface area (Å²) in [6.45, 7) is 7.37. The molecule has 1 unspecified atom stereocenters. The number of carbonyl (C=O) groups is 1. The Morgan fingerprint density at radius 3 is 2.20 bits per heavy atom. The first-order valence-corrected chi connectivity index (χ1v) is 5.10. The van der Waals surface area contributed by atoms with E-state index in [2.05, 4.69) is 0 Å². The molecule has 0 aliphatic heterocycles. The van der Waals surface area contributed by atoms with E-state index in [9.17, 15) is 4.79 Å². The summed E-state index contributed by atoms with van der Waals surface area (Å²) in [6, 6.07) is 0.171. The van der Waals surface area contributed by atoms with Gasteiger partial charge in [-0.15, -0.1) is 0 Å². The third-order valence-corrected chi connectivity index (χ3v) is 2.03. The molecule has 4 heteroatoms. The van der Waals surface area contributed by atoms with Crippen LogP contribution < -0.4 is 0 Å². The van der Waals surface area contributed by atoms with Gasteiger partial charge in [-0.1, -0.05) is 0 Å². The summed E-state index contributed by atoms with van der Waals surface area (Å²) in [4.78, 5) is 13.4. The maximum Gasteiger partial charge on any atom is 0.352 e. The van der Waals surface area contributed by atoms with Crippen LogP contribution in [0.2, 0.25) is 0 Å². The van der Waals surface area contributed by atoms with Crippen molar-refractivity contribution >= 4 is 11.7 Å². The van der Waals surface area contributed by atoms with Crippen molar-refractivity contribution in [1.29, 1.82) is 5.41 Å². The topological polar surface area (TPSA) is 53.4 Å². The van der Waals surface area contributed by atoms with Crippen molar-refractivity contribution in [1.82, 2.24) is 4.90 Å². The molecule has 0 saturated heterocycles. The minimum Gasteiger partial charge on any atom is -0.456 e. The van der Waals surface area contributed by atoms with Crippen LogP contribution in [0.15, 0.2) is 0 Å². The summed E-state index contributed by atoms with van der Waals surface area (Å²) >= 11 is 0. The Hall–Kier alpha value is -0.900. The molecule has 0 fully saturated rings. The van der Waals surface area contributed by atoms with Crippen molar-refractivity contribution in [3.63, 3.8) is 0 Å². The maximum atomic E-state index is 11.5. The summed E-state index contributed by atoms with van der Waals surface area (Å²) in [5.74, 6) is -0.517. The van der Waals surface area contributed by atoms with Crippen LogP contribution >= 0.6 is 0 Å². The zero-order valence-corrected chi connectivity index (χ0v) is 10.5. The van der Waals surface area contributed by atoms with Gasteiger partial charge in [0.25, 0.3) is 0 Å². The van der Waals surface area contributed by atoms with E-state index in [1.165, 1.54) is 0 Å². The summed E-state index contributed by atoms with van der Waals surface area (Å²) in [5, 5.41) is 7.60. The number of esters is 1. The average molecular weight is 214 g/mol. The van der Waals surface area contributed by atoms with E-state index < -0.39 is 11.6 Å². The summed E-state index contributed by atoms with van der Waals surface area (Å²) in [5.41, 5.74) is -0.490. The molecule has 0 amide bonds. The van der Waals surface area contributed by atoms with E-state index in [-0.39, 0.29) is 11.8 Å². The molecule has 1 atom stereocenters. The molecule has 0 bridgehead atoms. The maximum absolute atomic E-state index is 11.5. The monoisotopic (exact) mass is 214 g/mol. The van der Waals surface area contributed by atoms with Crippen molar-refractivity contribution in [2.75, 3.05) is 14.1 Å². The fraction of sp³-hybridized carbons (Fsp3) is 0.818. The molecule has 0 saturated carbocycles. The summed E-state index contributed by atoms with van der Waals surface area (Å²) in [6.07, 6.45) is 0.419. The number of nitrogens with one attached hydrogen (secondary N) is 1. The van der Waals surface area contributed by atoms with Crippen molar-refractivity contribution in [3.05, 3.63) is 0 Å². The minimum absolute atomic E-state index is 0.0334. The largest absolute Gasteiger partial charge is 0.456 e. The van der Waals surface area contributed by atoms with Gasteiger partial charge in [0.15, 0.2) is 0 Å². The Kier molecular flexibility index (Phi) is 4.94. The van der Waals surface area contributed by atoms with Crippen LogP contribution in [0.25, 0.3) is 0 Å². The van der Waals surface area contributed by atoms with E-state index in [0.717, 1.165) is 0 Å². The Balaban J connectivity index is 4.18. The third kappa shape index (κ3) is 6.23. The first kappa shape index (κ1) is 14.1. The molecule has 0 aromatic carbocycles. The van der Waals surface area contributed by atoms with Crippen molar-refractivity contribution < 1.29 is 9.53 Å². The van der Waals surface area contributed by atoms with Gasteiger partial charge < -0.3 is 9.64 Å². The van der Waals surface area contributed by atoms with Crippen LogP contribution in [0.5, 0.6) is 0 Å². The Morgan fingerprint density at radius 1 is 1.40 bits per heavy atom. The van der Waals surface area contributed by atoms with Gasteiger partial charge in [-0.2, -0.15) is 0 Å². The summed E-state index contributed by atoms with van der Waals surface area (Å²) in [7, 11) is 3.85. The molecule has 1 N–H and O–H groups in total. The molecule has 0 radical (unpaired) electrons. The molecule has 0 aromatic heterocycles. The van der Waals surface area contributed by atoms with Crippen LogP contribution in [0.3, 0.4) is 0 Å². The normalized spacial score (nSPS) is 13.8. The molecular weight excluding hydrogens is 192 g/mol. The highest BCUT2D eigenvalue weighted by Gasteiger charge is 2.21. The van der Waals surface area contributed by atoms with E-state index in [1.54, 1.807) is 20.8 Å². The molecule has 0 aliphatic carbocycles. The second kappa shape index (κ2) is 5.26. The first-order valence-electron chi connectivity index (χ1n) is 5.10. The molecule has 88 valence electrons. The number of ether oxygens (including phenoxy) is 1. The van der Waals surface area contributed by atoms with Gasteiger partial charge in [0.1, 0.15) is 11.3 Å². The van der Waals surface area contributed by atoms with Crippen LogP contribution in [-0.4, -0.2) is 42.3 Å². The second-order valence-electron chi connectivity index (χ2n) is 5.00. The number of nitrogens with zero attached hydrogens (tertiary/aromatic N) is 1. The molecule has 0 aliphatic rings. The molecule has 0 rings (SSSR count). The number of rotatable bonds is 4. The first-order chi connectivity index (χ1) is 6.63. The quantitative estimate of drug-likeness (QED) is 0.572. The molecular formula is C11H22N2O2. The zero-order valence-electron chi connectivity index (χ0n) is 10.5. The van der Waals surface area contributed by atoms with Crippen LogP contribution in [0.1, 0.15) is 34.1 Å². The summed E-state index contributed by atoms with van der Waals surface area (Å²) < 4.78 is 5.10. The van der Waals surface area contributed by atoms with E-state index in [1.807, 2.05) is 25.9 Å². The lowest BCUT2D eigenvalue weighted by atomic mass is 10.1. The predicted molar refractivity (Wildman–Crippen MR) is 61.3 cm³/mol. The highest BCUT2D eigenvalue weighted by atomic mass is 16.6. The lowest BCUT2D eigenvalue weighted by Gasteiger charge is -2.22. The predicted octanol–water partition coefficient (Wildman–Crippen LogP) is 1.69. The highest BCUT2D eigenvalue weighted by molar-refractivity contribution is 6.35. The Morgan fingerprint density at radius 2 is 1.87 bits per heavy atom. The molecule has 0 aromatic rings. The van der Waals surface area contributed by atoms with Crippen LogP contribution in [0, 0.1) is 5.41 Å². The lowest BCUT2D eigenvalue weighted by Crippen LogP contribution is -2.33. The average Bonchev–Trinajstić information content (AvgIpc) is 2.00. The van der Waals surface area contributed by atoms with E-state index in [0.29, 0.717) is 6.42 Å². The van der Waals surface area contributed by atoms with E-state index >= 15 is 0 Å². The van der Waals surface area contributed by atoms with Gasteiger partial charge in [0, 0.05) is 12.5 Å². The van der Waals surface area contributed by atoms with E-state index in [4.69, 9.17) is 10.1 Å². The van der Waals surface area contributed by atoms with Gasteiger partial charge in [0.2, 0.25) is 0 Å². The zero-order chi connectivity index (χ0) is 12.2. The number of hydrogen-bond donors (Lipinski definition) is 1. The SMILES string of the molecule is CC(CC(=N)C(=O)OC(C)(C)C)N(C)C. The van der Waals surface area contributed by atoms with Gasteiger partial charge >= 0.3 is 5.97 Å². The van der Waals surface area contributed by atoms with Gasteiger partial charge in [-0.05, 0) is 41.8 Å². The standard InChI is InChI=1S/C11H22N2O2/c1-8(13(5)6)7-9(12)10(14)15-11(2,3)4/h8,12H,7H2,1-6H3. The Labute approximate surface area is 92.1 Å². The number of carbonyl (C=O) groups excluding carboxylic acids is 1. The van der Waals surface area contributed by atoms with Gasteiger partial charge in [-0.25, -0.2) is 4.79 Å². The lowest BCUT2D eigenvalue weighted by molar-refractivity contribution is -0.146. The highest BCUT2D eigenvalue weighted by Crippen LogP contribution is 2.09. The smallest absolute Gasteiger partial charge is 0.352 e. The second-order valence-corrected chi connectivity index (χ2v) is 5.00. The molecule has 0 spiro atoms.